The molecule has 1 aromatic heterocycles. The van der Waals surface area contributed by atoms with E-state index in [9.17, 15) is 9.59 Å². The Morgan fingerprint density at radius 2 is 1.66 bits per heavy atom. The zero-order chi connectivity index (χ0) is 24.9. The van der Waals surface area contributed by atoms with Crippen molar-refractivity contribution in [3.8, 4) is 11.5 Å². The van der Waals surface area contributed by atoms with Gasteiger partial charge >= 0.3 is 5.97 Å². The van der Waals surface area contributed by atoms with Crippen molar-refractivity contribution < 1.29 is 19.0 Å². The van der Waals surface area contributed by atoms with Gasteiger partial charge in [-0.05, 0) is 45.9 Å². The first-order valence-corrected chi connectivity index (χ1v) is 12.4. The van der Waals surface area contributed by atoms with Crippen LogP contribution in [0.1, 0.15) is 44.9 Å². The highest BCUT2D eigenvalue weighted by Gasteiger charge is 2.35. The Hall–Kier alpha value is -3.65. The van der Waals surface area contributed by atoms with Crippen molar-refractivity contribution in [1.29, 1.82) is 0 Å². The maximum Gasteiger partial charge on any atom is 0.338 e. The van der Waals surface area contributed by atoms with Gasteiger partial charge in [0.25, 0.3) is 5.56 Å². The summed E-state index contributed by atoms with van der Waals surface area (Å²) >= 11 is 1.28. The number of allylic oxidation sites excluding steroid dienone is 1. The zero-order valence-electron chi connectivity index (χ0n) is 20.2. The molecule has 1 aliphatic heterocycles. The summed E-state index contributed by atoms with van der Waals surface area (Å²) in [6.45, 7) is 8.51. The number of ether oxygens (including phenoxy) is 3. The summed E-state index contributed by atoms with van der Waals surface area (Å²) in [5.74, 6) is 0.802. The summed E-state index contributed by atoms with van der Waals surface area (Å²) in [6.07, 6.45) is 1.81. The van der Waals surface area contributed by atoms with Gasteiger partial charge in [0.05, 0.1) is 35.6 Å². The van der Waals surface area contributed by atoms with Crippen LogP contribution in [0.2, 0.25) is 0 Å². The number of hydrogen-bond acceptors (Lipinski definition) is 7. The lowest BCUT2D eigenvalue weighted by molar-refractivity contribution is -0.139. The Morgan fingerprint density at radius 3 is 2.37 bits per heavy atom. The van der Waals surface area contributed by atoms with E-state index in [4.69, 9.17) is 14.2 Å². The first-order valence-electron chi connectivity index (χ1n) is 11.6. The van der Waals surface area contributed by atoms with Crippen molar-refractivity contribution >= 4 is 23.4 Å². The smallest absolute Gasteiger partial charge is 0.338 e. The molecule has 35 heavy (non-hydrogen) atoms. The molecule has 0 spiro atoms. The molecule has 0 fully saturated rings. The topological polar surface area (TPSA) is 79.1 Å². The van der Waals surface area contributed by atoms with Gasteiger partial charge < -0.3 is 14.2 Å². The predicted molar refractivity (Wildman–Crippen MR) is 136 cm³/mol. The third-order valence-corrected chi connectivity index (χ3v) is 6.52. The van der Waals surface area contributed by atoms with E-state index < -0.39 is 12.0 Å². The second kappa shape index (κ2) is 10.7. The lowest BCUT2D eigenvalue weighted by atomic mass is 9.95. The zero-order valence-corrected chi connectivity index (χ0v) is 21.1. The van der Waals surface area contributed by atoms with E-state index >= 15 is 0 Å². The van der Waals surface area contributed by atoms with Crippen LogP contribution in [-0.4, -0.2) is 30.4 Å². The fourth-order valence-corrected chi connectivity index (χ4v) is 5.14. The van der Waals surface area contributed by atoms with Gasteiger partial charge in [-0.2, -0.15) is 0 Å². The van der Waals surface area contributed by atoms with Gasteiger partial charge in [0.2, 0.25) is 0 Å². The second-order valence-electron chi connectivity index (χ2n) is 7.74. The molecule has 0 bridgehead atoms. The Balaban J connectivity index is 1.98. The van der Waals surface area contributed by atoms with Gasteiger partial charge in [-0.1, -0.05) is 47.7 Å². The van der Waals surface area contributed by atoms with Crippen LogP contribution < -0.4 is 24.4 Å². The van der Waals surface area contributed by atoms with Crippen LogP contribution >= 0.6 is 11.3 Å². The van der Waals surface area contributed by atoms with Crippen LogP contribution in [0, 0.1) is 0 Å². The first kappa shape index (κ1) is 24.5. The fourth-order valence-electron chi connectivity index (χ4n) is 4.11. The molecule has 0 aliphatic carbocycles. The summed E-state index contributed by atoms with van der Waals surface area (Å²) < 4.78 is 19.0. The summed E-state index contributed by atoms with van der Waals surface area (Å²) in [6, 6.07) is 14.3. The molecule has 0 N–H and O–H groups in total. The number of rotatable bonds is 8. The molecule has 2 aromatic carbocycles. The maximum atomic E-state index is 13.8. The molecular weight excluding hydrogens is 464 g/mol. The summed E-state index contributed by atoms with van der Waals surface area (Å²) in [5, 5.41) is 0. The monoisotopic (exact) mass is 492 g/mol. The van der Waals surface area contributed by atoms with E-state index in [0.717, 1.165) is 5.56 Å². The third-order valence-electron chi connectivity index (χ3n) is 5.54. The fraction of sp³-hybridized carbons (Fsp3) is 0.296. The number of para-hydroxylation sites is 2. The minimum atomic E-state index is -0.725. The van der Waals surface area contributed by atoms with Crippen LogP contribution in [0.15, 0.2) is 69.6 Å². The van der Waals surface area contributed by atoms with Crippen molar-refractivity contribution in [2.75, 3.05) is 19.8 Å². The molecule has 0 radical (unpaired) electrons. The number of nitrogens with zero attached hydrogens (tertiary/aromatic N) is 2. The molecule has 2 heterocycles. The van der Waals surface area contributed by atoms with Crippen molar-refractivity contribution in [2.24, 2.45) is 4.99 Å². The van der Waals surface area contributed by atoms with E-state index in [0.29, 0.717) is 50.9 Å². The molecule has 182 valence electrons. The van der Waals surface area contributed by atoms with Crippen molar-refractivity contribution in [3.05, 3.63) is 90.6 Å². The van der Waals surface area contributed by atoms with Crippen LogP contribution in [-0.2, 0) is 9.53 Å². The highest BCUT2D eigenvalue weighted by Crippen LogP contribution is 2.35. The molecule has 0 saturated heterocycles. The van der Waals surface area contributed by atoms with E-state index in [1.54, 1.807) is 18.4 Å². The summed E-state index contributed by atoms with van der Waals surface area (Å²) in [4.78, 5) is 32.0. The van der Waals surface area contributed by atoms with Crippen LogP contribution in [0.3, 0.4) is 0 Å². The van der Waals surface area contributed by atoms with Gasteiger partial charge in [-0.3, -0.25) is 9.36 Å². The number of benzene rings is 2. The second-order valence-corrected chi connectivity index (χ2v) is 8.75. The maximum absolute atomic E-state index is 13.8. The van der Waals surface area contributed by atoms with E-state index in [1.807, 2.05) is 68.5 Å². The van der Waals surface area contributed by atoms with Crippen LogP contribution in [0.4, 0.5) is 0 Å². The lowest BCUT2D eigenvalue weighted by Gasteiger charge is -2.26. The predicted octanol–water partition coefficient (Wildman–Crippen LogP) is 3.60. The molecule has 0 amide bonds. The number of fused-ring (bicyclic) bond motifs is 1. The van der Waals surface area contributed by atoms with Crippen molar-refractivity contribution in [1.82, 2.24) is 4.57 Å². The normalized spacial score (nSPS) is 15.4. The molecule has 7 nitrogen and oxygen atoms in total. The minimum Gasteiger partial charge on any atom is -0.494 e. The summed E-state index contributed by atoms with van der Waals surface area (Å²) in [7, 11) is 0. The van der Waals surface area contributed by atoms with E-state index in [-0.39, 0.29) is 12.2 Å². The largest absolute Gasteiger partial charge is 0.494 e. The van der Waals surface area contributed by atoms with E-state index in [2.05, 4.69) is 4.99 Å². The highest BCUT2D eigenvalue weighted by atomic mass is 32.1. The average molecular weight is 493 g/mol. The van der Waals surface area contributed by atoms with Crippen LogP contribution in [0.5, 0.6) is 11.5 Å². The number of hydrogen-bond donors (Lipinski definition) is 0. The average Bonchev–Trinajstić information content (AvgIpc) is 3.15. The van der Waals surface area contributed by atoms with E-state index in [1.165, 1.54) is 11.3 Å². The molecular formula is C27H28N2O5S. The number of esters is 1. The Labute approximate surface area is 207 Å². The van der Waals surface area contributed by atoms with Gasteiger partial charge in [-0.25, -0.2) is 9.79 Å². The highest BCUT2D eigenvalue weighted by molar-refractivity contribution is 7.07. The number of carbonyl (C=O) groups is 1. The molecule has 8 heteroatoms. The molecule has 4 rings (SSSR count). The Bertz CT molecular complexity index is 1450. The van der Waals surface area contributed by atoms with Gasteiger partial charge in [0, 0.05) is 11.1 Å². The van der Waals surface area contributed by atoms with Gasteiger partial charge in [0.1, 0.15) is 17.5 Å². The third kappa shape index (κ3) is 4.79. The molecule has 1 aliphatic rings. The minimum absolute atomic E-state index is 0.216. The molecule has 0 unspecified atom stereocenters. The quantitative estimate of drug-likeness (QED) is 0.449. The van der Waals surface area contributed by atoms with Crippen molar-refractivity contribution in [3.63, 3.8) is 0 Å². The molecule has 3 aromatic rings. The SMILES string of the molecule is CCOC(=O)C1=C(C)N=c2s/c(=C/c3ccccc3OCC)c(=O)n2[C@H]1c1ccccc1OCC. The summed E-state index contributed by atoms with van der Waals surface area (Å²) in [5.41, 5.74) is 2.10. The number of aromatic nitrogens is 1. The number of carbonyl (C=O) groups excluding carboxylic acids is 1. The molecule has 0 saturated carbocycles. The van der Waals surface area contributed by atoms with Gasteiger partial charge in [0.15, 0.2) is 4.80 Å². The Morgan fingerprint density at radius 1 is 1.00 bits per heavy atom. The number of thiazole rings is 1. The van der Waals surface area contributed by atoms with Gasteiger partial charge in [-0.15, -0.1) is 0 Å². The van der Waals surface area contributed by atoms with Crippen molar-refractivity contribution in [2.45, 2.75) is 33.7 Å². The first-order chi connectivity index (χ1) is 17.0. The van der Waals surface area contributed by atoms with Crippen LogP contribution in [0.25, 0.3) is 6.08 Å². The molecule has 1 atom stereocenters. The Kier molecular flexibility index (Phi) is 7.51. The lowest BCUT2D eigenvalue weighted by Crippen LogP contribution is -2.40. The standard InChI is InChI=1S/C27H28N2O5S/c1-5-32-20-14-10-8-12-18(20)16-22-25(30)29-24(19-13-9-11-15-21(19)33-6-2)23(26(31)34-7-3)17(4)28-27(29)35-22/h8-16,24H,5-7H2,1-4H3/b22-16+/t24-/m0/s1.